The van der Waals surface area contributed by atoms with Crippen molar-refractivity contribution >= 4 is 11.7 Å². The van der Waals surface area contributed by atoms with E-state index in [0.29, 0.717) is 17.0 Å². The number of likely N-dealkylation sites (tertiary alicyclic amines) is 1. The van der Waals surface area contributed by atoms with Crippen LogP contribution in [-0.4, -0.2) is 40.3 Å². The zero-order valence-electron chi connectivity index (χ0n) is 16.4. The van der Waals surface area contributed by atoms with Gasteiger partial charge in [-0.3, -0.25) is 9.69 Å². The largest absolute Gasteiger partial charge is 0.393 e. The van der Waals surface area contributed by atoms with Crippen LogP contribution in [0, 0.1) is 12.3 Å². The molecule has 1 unspecified atom stereocenters. The molecule has 28 heavy (non-hydrogen) atoms. The number of hydrogen-bond acceptors (Lipinski definition) is 5. The van der Waals surface area contributed by atoms with Crippen LogP contribution in [0.3, 0.4) is 0 Å². The highest BCUT2D eigenvalue weighted by Gasteiger charge is 2.40. The Balaban J connectivity index is 1.49. The van der Waals surface area contributed by atoms with Crippen molar-refractivity contribution < 1.29 is 14.4 Å². The first-order chi connectivity index (χ1) is 13.5. The van der Waals surface area contributed by atoms with Gasteiger partial charge in [0.2, 0.25) is 5.91 Å². The average Bonchev–Trinajstić information content (AvgIpc) is 3.12. The third kappa shape index (κ3) is 4.13. The van der Waals surface area contributed by atoms with Gasteiger partial charge < -0.3 is 14.9 Å². The number of benzene rings is 1. The summed E-state index contributed by atoms with van der Waals surface area (Å²) in [7, 11) is 0. The van der Waals surface area contributed by atoms with E-state index in [4.69, 9.17) is 4.52 Å². The van der Waals surface area contributed by atoms with Gasteiger partial charge in [0.25, 0.3) is 0 Å². The number of carbonyl (C=O) groups is 1. The van der Waals surface area contributed by atoms with Gasteiger partial charge in [-0.25, -0.2) is 0 Å². The van der Waals surface area contributed by atoms with Crippen molar-refractivity contribution in [2.24, 2.45) is 5.41 Å². The molecule has 2 N–H and O–H groups in total. The quantitative estimate of drug-likeness (QED) is 0.842. The summed E-state index contributed by atoms with van der Waals surface area (Å²) in [6, 6.07) is 11.3. The summed E-state index contributed by atoms with van der Waals surface area (Å²) < 4.78 is 5.08. The number of piperidine rings is 1. The molecule has 2 aliphatic rings. The van der Waals surface area contributed by atoms with Crippen LogP contribution < -0.4 is 5.32 Å². The highest BCUT2D eigenvalue weighted by Crippen LogP contribution is 2.45. The van der Waals surface area contributed by atoms with E-state index in [1.165, 1.54) is 0 Å². The van der Waals surface area contributed by atoms with Crippen LogP contribution in [0.25, 0.3) is 0 Å². The predicted octanol–water partition coefficient (Wildman–Crippen LogP) is 3.68. The van der Waals surface area contributed by atoms with Gasteiger partial charge >= 0.3 is 0 Å². The molecule has 0 bridgehead atoms. The predicted molar refractivity (Wildman–Crippen MR) is 107 cm³/mol. The molecule has 4 rings (SSSR count). The first kappa shape index (κ1) is 19.2. The van der Waals surface area contributed by atoms with Crippen LogP contribution in [0.1, 0.15) is 55.9 Å². The maximum Gasteiger partial charge on any atom is 0.247 e. The standard InChI is InChI=1S/C22H29N3O3/c1-16-15-19(24-28-16)23-21(27)20(17-5-3-2-4-6-17)25-13-11-22(12-14-25)9-7-18(26)8-10-22/h2-6,15,18,20,26H,7-14H2,1H3,(H,23,24,27). The Morgan fingerprint density at radius 2 is 1.89 bits per heavy atom. The van der Waals surface area contributed by atoms with Crippen molar-refractivity contribution in [3.8, 4) is 0 Å². The fourth-order valence-electron chi connectivity index (χ4n) is 4.75. The van der Waals surface area contributed by atoms with E-state index in [9.17, 15) is 9.90 Å². The van der Waals surface area contributed by atoms with E-state index >= 15 is 0 Å². The van der Waals surface area contributed by atoms with Crippen LogP contribution in [0.4, 0.5) is 5.82 Å². The third-order valence-electron chi connectivity index (χ3n) is 6.48. The van der Waals surface area contributed by atoms with Gasteiger partial charge in [0.05, 0.1) is 6.10 Å². The lowest BCUT2D eigenvalue weighted by molar-refractivity contribution is -0.123. The number of aliphatic hydroxyl groups is 1. The molecule has 1 spiro atoms. The number of anilines is 1. The molecule has 1 aromatic heterocycles. The van der Waals surface area contributed by atoms with Crippen LogP contribution in [0.5, 0.6) is 0 Å². The lowest BCUT2D eigenvalue weighted by Gasteiger charge is -2.46. The smallest absolute Gasteiger partial charge is 0.247 e. The number of hydrogen-bond donors (Lipinski definition) is 2. The van der Waals surface area contributed by atoms with Gasteiger partial charge in [0.1, 0.15) is 11.8 Å². The number of aryl methyl sites for hydroxylation is 1. The summed E-state index contributed by atoms with van der Waals surface area (Å²) >= 11 is 0. The van der Waals surface area contributed by atoms with E-state index in [0.717, 1.165) is 57.2 Å². The topological polar surface area (TPSA) is 78.6 Å². The molecule has 150 valence electrons. The van der Waals surface area contributed by atoms with Crippen LogP contribution in [0.2, 0.25) is 0 Å². The summed E-state index contributed by atoms with van der Waals surface area (Å²) in [6.45, 7) is 3.59. The van der Waals surface area contributed by atoms with Gasteiger partial charge in [0, 0.05) is 6.07 Å². The molecule has 1 aromatic carbocycles. The number of aliphatic hydroxyl groups excluding tert-OH is 1. The normalized spacial score (nSPS) is 21.5. The molecule has 1 saturated heterocycles. The number of amides is 1. The highest BCUT2D eigenvalue weighted by molar-refractivity contribution is 5.94. The number of nitrogens with one attached hydrogen (secondary N) is 1. The molecule has 6 nitrogen and oxygen atoms in total. The molecule has 1 atom stereocenters. The number of rotatable bonds is 4. The lowest BCUT2D eigenvalue weighted by Crippen LogP contribution is -2.46. The zero-order valence-corrected chi connectivity index (χ0v) is 16.4. The molecule has 1 amide bonds. The first-order valence-corrected chi connectivity index (χ1v) is 10.3. The minimum atomic E-state index is -0.343. The molecule has 2 fully saturated rings. The van der Waals surface area contributed by atoms with Crippen molar-refractivity contribution in [1.29, 1.82) is 0 Å². The average molecular weight is 383 g/mol. The van der Waals surface area contributed by atoms with Gasteiger partial charge in [0.15, 0.2) is 5.82 Å². The van der Waals surface area contributed by atoms with E-state index in [1.807, 2.05) is 37.3 Å². The summed E-state index contributed by atoms with van der Waals surface area (Å²) in [5, 5.41) is 16.7. The molecule has 0 radical (unpaired) electrons. The van der Waals surface area contributed by atoms with Crippen LogP contribution in [0.15, 0.2) is 40.9 Å². The summed E-state index contributed by atoms with van der Waals surface area (Å²) in [4.78, 5) is 15.5. The summed E-state index contributed by atoms with van der Waals surface area (Å²) in [5.41, 5.74) is 1.34. The Kier molecular flexibility index (Phi) is 5.51. The SMILES string of the molecule is Cc1cc(NC(=O)C(c2ccccc2)N2CCC3(CCC(O)CC3)CC2)no1. The van der Waals surface area contributed by atoms with E-state index in [2.05, 4.69) is 15.4 Å². The minimum absolute atomic E-state index is 0.0745. The molecule has 6 heteroatoms. The Bertz CT molecular complexity index is 786. The second kappa shape index (κ2) is 8.05. The Morgan fingerprint density at radius 1 is 1.21 bits per heavy atom. The van der Waals surface area contributed by atoms with Gasteiger partial charge in [-0.15, -0.1) is 0 Å². The lowest BCUT2D eigenvalue weighted by atomic mass is 9.67. The van der Waals surface area contributed by atoms with E-state index < -0.39 is 0 Å². The highest BCUT2D eigenvalue weighted by atomic mass is 16.5. The van der Waals surface area contributed by atoms with Crippen LogP contribution in [-0.2, 0) is 4.79 Å². The van der Waals surface area contributed by atoms with Crippen LogP contribution >= 0.6 is 0 Å². The van der Waals surface area contributed by atoms with Crippen molar-refractivity contribution in [3.05, 3.63) is 47.7 Å². The minimum Gasteiger partial charge on any atom is -0.393 e. The summed E-state index contributed by atoms with van der Waals surface area (Å²) in [6.07, 6.45) is 6.06. The Hall–Kier alpha value is -2.18. The molecule has 2 aromatic rings. The monoisotopic (exact) mass is 383 g/mol. The number of aromatic nitrogens is 1. The second-order valence-corrected chi connectivity index (χ2v) is 8.39. The second-order valence-electron chi connectivity index (χ2n) is 8.39. The molecule has 2 heterocycles. The van der Waals surface area contributed by atoms with Crippen molar-refractivity contribution in [2.45, 2.75) is 57.6 Å². The van der Waals surface area contributed by atoms with E-state index in [-0.39, 0.29) is 18.1 Å². The van der Waals surface area contributed by atoms with Crippen molar-refractivity contribution in [2.75, 3.05) is 18.4 Å². The molecule has 1 saturated carbocycles. The maximum atomic E-state index is 13.2. The molecule has 1 aliphatic carbocycles. The van der Waals surface area contributed by atoms with Gasteiger partial charge in [-0.2, -0.15) is 0 Å². The fraction of sp³-hybridized carbons (Fsp3) is 0.545. The maximum absolute atomic E-state index is 13.2. The van der Waals surface area contributed by atoms with Crippen molar-refractivity contribution in [1.82, 2.24) is 10.1 Å². The molecular weight excluding hydrogens is 354 g/mol. The first-order valence-electron chi connectivity index (χ1n) is 10.3. The van der Waals surface area contributed by atoms with Gasteiger partial charge in [-0.05, 0) is 69.5 Å². The number of carbonyl (C=O) groups excluding carboxylic acids is 1. The molecule has 1 aliphatic heterocycles. The van der Waals surface area contributed by atoms with Gasteiger partial charge in [-0.1, -0.05) is 35.5 Å². The fourth-order valence-corrected chi connectivity index (χ4v) is 4.75. The number of nitrogens with zero attached hydrogens (tertiary/aromatic N) is 2. The van der Waals surface area contributed by atoms with Crippen molar-refractivity contribution in [3.63, 3.8) is 0 Å². The van der Waals surface area contributed by atoms with E-state index in [1.54, 1.807) is 6.07 Å². The Morgan fingerprint density at radius 3 is 2.50 bits per heavy atom. The third-order valence-corrected chi connectivity index (χ3v) is 6.48. The Labute approximate surface area is 165 Å². The zero-order chi connectivity index (χ0) is 19.6. The summed E-state index contributed by atoms with van der Waals surface area (Å²) in [5.74, 6) is 1.05. The molecular formula is C22H29N3O3.